The average molecular weight is 296 g/mol. The summed E-state index contributed by atoms with van der Waals surface area (Å²) in [6, 6.07) is 4.90. The van der Waals surface area contributed by atoms with Crippen LogP contribution >= 0.6 is 11.6 Å². The Balaban J connectivity index is 2.09. The van der Waals surface area contributed by atoms with Gasteiger partial charge in [0.1, 0.15) is 0 Å². The van der Waals surface area contributed by atoms with E-state index in [-0.39, 0.29) is 17.7 Å². The van der Waals surface area contributed by atoms with E-state index in [1.54, 1.807) is 18.2 Å². The summed E-state index contributed by atoms with van der Waals surface area (Å²) in [5, 5.41) is 8.93. The second-order valence-electron chi connectivity index (χ2n) is 4.81. The van der Waals surface area contributed by atoms with Gasteiger partial charge >= 0.3 is 0 Å². The quantitative estimate of drug-likeness (QED) is 0.794. The van der Waals surface area contributed by atoms with Crippen LogP contribution < -0.4 is 16.0 Å². The number of benzene rings is 1. The first-order chi connectivity index (χ1) is 9.61. The third-order valence-electron chi connectivity index (χ3n) is 3.37. The van der Waals surface area contributed by atoms with E-state index in [4.69, 9.17) is 11.6 Å². The number of carbonyl (C=O) groups excluding carboxylic acids is 2. The van der Waals surface area contributed by atoms with Gasteiger partial charge in [0.05, 0.1) is 16.5 Å². The normalized spacial score (nSPS) is 18.4. The van der Waals surface area contributed by atoms with Crippen molar-refractivity contribution in [1.82, 2.24) is 10.6 Å². The molecule has 1 atom stereocenters. The van der Waals surface area contributed by atoms with E-state index in [1.807, 2.05) is 0 Å². The molecule has 1 aromatic carbocycles. The van der Waals surface area contributed by atoms with Gasteiger partial charge in [-0.2, -0.15) is 0 Å². The summed E-state index contributed by atoms with van der Waals surface area (Å²) in [7, 11) is 1.54. The number of hydrogen-bond acceptors (Lipinski definition) is 3. The van der Waals surface area contributed by atoms with Crippen LogP contribution in [0.1, 0.15) is 23.2 Å². The number of piperidine rings is 1. The molecule has 0 aromatic heterocycles. The molecule has 0 saturated carbocycles. The fourth-order valence-electron chi connectivity index (χ4n) is 2.23. The fraction of sp³-hybridized carbons (Fsp3) is 0.429. The summed E-state index contributed by atoms with van der Waals surface area (Å²) < 4.78 is 0. The first kappa shape index (κ1) is 14.8. The molecule has 0 radical (unpaired) electrons. The lowest BCUT2D eigenvalue weighted by Gasteiger charge is -2.22. The van der Waals surface area contributed by atoms with E-state index in [2.05, 4.69) is 16.0 Å². The van der Waals surface area contributed by atoms with E-state index in [0.717, 1.165) is 19.4 Å². The number of anilines is 1. The molecule has 1 aromatic rings. The molecule has 2 amide bonds. The standard InChI is InChI=1S/C14H18ClN3O2/c1-16-14(20)11-7-10(4-5-12(11)15)18-13(19)9-3-2-6-17-8-9/h4-5,7,9,17H,2-3,6,8H2,1H3,(H,16,20)(H,18,19)/t9-/m0/s1. The monoisotopic (exact) mass is 295 g/mol. The number of amides is 2. The largest absolute Gasteiger partial charge is 0.355 e. The lowest BCUT2D eigenvalue weighted by Crippen LogP contribution is -2.37. The molecule has 1 aliphatic heterocycles. The van der Waals surface area contributed by atoms with Crippen LogP contribution in [0.3, 0.4) is 0 Å². The number of nitrogens with one attached hydrogen (secondary N) is 3. The molecule has 6 heteroatoms. The molecule has 1 saturated heterocycles. The zero-order chi connectivity index (χ0) is 14.5. The molecule has 20 heavy (non-hydrogen) atoms. The van der Waals surface area contributed by atoms with Gasteiger partial charge in [0.15, 0.2) is 0 Å². The Morgan fingerprint density at radius 1 is 1.40 bits per heavy atom. The smallest absolute Gasteiger partial charge is 0.252 e. The molecule has 0 aliphatic carbocycles. The van der Waals surface area contributed by atoms with Crippen LogP contribution in [0.4, 0.5) is 5.69 Å². The molecule has 1 heterocycles. The number of rotatable bonds is 3. The summed E-state index contributed by atoms with van der Waals surface area (Å²) >= 11 is 5.97. The summed E-state index contributed by atoms with van der Waals surface area (Å²) in [5.74, 6) is -0.323. The molecule has 0 spiro atoms. The van der Waals surface area contributed by atoms with Gasteiger partial charge in [-0.1, -0.05) is 11.6 Å². The Kier molecular flexibility index (Phi) is 4.98. The minimum atomic E-state index is -0.273. The fourth-order valence-corrected chi connectivity index (χ4v) is 2.44. The molecule has 2 rings (SSSR count). The topological polar surface area (TPSA) is 70.2 Å². The second-order valence-corrected chi connectivity index (χ2v) is 5.21. The first-order valence-corrected chi connectivity index (χ1v) is 7.03. The maximum Gasteiger partial charge on any atom is 0.252 e. The molecule has 1 fully saturated rings. The third kappa shape index (κ3) is 3.49. The van der Waals surface area contributed by atoms with Crippen molar-refractivity contribution in [1.29, 1.82) is 0 Å². The maximum absolute atomic E-state index is 12.1. The predicted molar refractivity (Wildman–Crippen MR) is 79.1 cm³/mol. The van der Waals surface area contributed by atoms with Gasteiger partial charge in [-0.25, -0.2) is 0 Å². The highest BCUT2D eigenvalue weighted by molar-refractivity contribution is 6.34. The summed E-state index contributed by atoms with van der Waals surface area (Å²) in [4.78, 5) is 23.8. The van der Waals surface area contributed by atoms with Crippen LogP contribution in [0.15, 0.2) is 18.2 Å². The van der Waals surface area contributed by atoms with Gasteiger partial charge in [-0.05, 0) is 37.6 Å². The van der Waals surface area contributed by atoms with Gasteiger partial charge in [-0.3, -0.25) is 9.59 Å². The Morgan fingerprint density at radius 3 is 2.85 bits per heavy atom. The summed E-state index contributed by atoms with van der Waals surface area (Å²) in [6.45, 7) is 1.66. The van der Waals surface area contributed by atoms with Gasteiger partial charge in [0.25, 0.3) is 5.91 Å². The molecule has 108 valence electrons. The highest BCUT2D eigenvalue weighted by atomic mass is 35.5. The molecular weight excluding hydrogens is 278 g/mol. The maximum atomic E-state index is 12.1. The van der Waals surface area contributed by atoms with Crippen LogP contribution in [0.5, 0.6) is 0 Å². The van der Waals surface area contributed by atoms with Crippen LogP contribution in [-0.2, 0) is 4.79 Å². The van der Waals surface area contributed by atoms with Gasteiger partial charge in [0, 0.05) is 19.3 Å². The third-order valence-corrected chi connectivity index (χ3v) is 3.70. The number of carbonyl (C=O) groups is 2. The molecule has 0 bridgehead atoms. The van der Waals surface area contributed by atoms with Crippen LogP contribution in [0.25, 0.3) is 0 Å². The van der Waals surface area contributed by atoms with Crippen molar-refractivity contribution >= 4 is 29.1 Å². The van der Waals surface area contributed by atoms with Crippen molar-refractivity contribution in [2.45, 2.75) is 12.8 Å². The highest BCUT2D eigenvalue weighted by Crippen LogP contribution is 2.21. The molecular formula is C14H18ClN3O2. The van der Waals surface area contributed by atoms with Crippen molar-refractivity contribution in [2.24, 2.45) is 5.92 Å². The zero-order valence-electron chi connectivity index (χ0n) is 11.3. The zero-order valence-corrected chi connectivity index (χ0v) is 12.1. The Labute approximate surface area is 123 Å². The lowest BCUT2D eigenvalue weighted by molar-refractivity contribution is -0.120. The number of hydrogen-bond donors (Lipinski definition) is 3. The Bertz CT molecular complexity index is 513. The SMILES string of the molecule is CNC(=O)c1cc(NC(=O)[C@H]2CCCNC2)ccc1Cl. The van der Waals surface area contributed by atoms with E-state index in [1.165, 1.54) is 7.05 Å². The lowest BCUT2D eigenvalue weighted by atomic mass is 9.98. The van der Waals surface area contributed by atoms with E-state index in [0.29, 0.717) is 22.8 Å². The van der Waals surface area contributed by atoms with Crippen LogP contribution in [0, 0.1) is 5.92 Å². The molecule has 0 unspecified atom stereocenters. The van der Waals surface area contributed by atoms with Crippen molar-refractivity contribution in [3.8, 4) is 0 Å². The van der Waals surface area contributed by atoms with Crippen molar-refractivity contribution in [2.75, 3.05) is 25.5 Å². The summed E-state index contributed by atoms with van der Waals surface area (Å²) in [5.41, 5.74) is 0.942. The molecule has 3 N–H and O–H groups in total. The van der Waals surface area contributed by atoms with Crippen molar-refractivity contribution in [3.63, 3.8) is 0 Å². The van der Waals surface area contributed by atoms with Gasteiger partial charge in [0.2, 0.25) is 5.91 Å². The predicted octanol–water partition coefficient (Wildman–Crippen LogP) is 1.64. The average Bonchev–Trinajstić information content (AvgIpc) is 2.49. The van der Waals surface area contributed by atoms with E-state index >= 15 is 0 Å². The van der Waals surface area contributed by atoms with Crippen LogP contribution in [-0.4, -0.2) is 32.0 Å². The first-order valence-electron chi connectivity index (χ1n) is 6.65. The second kappa shape index (κ2) is 6.72. The molecule has 5 nitrogen and oxygen atoms in total. The molecule has 1 aliphatic rings. The van der Waals surface area contributed by atoms with Crippen molar-refractivity contribution in [3.05, 3.63) is 28.8 Å². The Hall–Kier alpha value is -1.59. The minimum absolute atomic E-state index is 0.0251. The van der Waals surface area contributed by atoms with E-state index in [9.17, 15) is 9.59 Å². The van der Waals surface area contributed by atoms with Crippen molar-refractivity contribution < 1.29 is 9.59 Å². The minimum Gasteiger partial charge on any atom is -0.355 e. The number of halogens is 1. The van der Waals surface area contributed by atoms with E-state index < -0.39 is 0 Å². The van der Waals surface area contributed by atoms with Gasteiger partial charge < -0.3 is 16.0 Å². The highest BCUT2D eigenvalue weighted by Gasteiger charge is 2.21. The van der Waals surface area contributed by atoms with Gasteiger partial charge in [-0.15, -0.1) is 0 Å². The summed E-state index contributed by atoms with van der Waals surface area (Å²) in [6.07, 6.45) is 1.89. The Morgan fingerprint density at radius 2 is 2.20 bits per heavy atom. The van der Waals surface area contributed by atoms with Crippen LogP contribution in [0.2, 0.25) is 5.02 Å².